The standard InChI is InChI=1S/C18H18ClN3OS/c1-13-7-9-14(10-8-13)23-11-12-24-18-21-20-17(22(18)2)15-5-3-4-6-16(15)19/h3-10H,11-12H2,1-2H3. The molecule has 6 heteroatoms. The van der Waals surface area contributed by atoms with E-state index in [1.54, 1.807) is 11.8 Å². The molecule has 1 heterocycles. The maximum atomic E-state index is 6.24. The lowest BCUT2D eigenvalue weighted by atomic mass is 10.2. The second-order valence-electron chi connectivity index (χ2n) is 5.36. The minimum atomic E-state index is 0.613. The van der Waals surface area contributed by atoms with Crippen molar-refractivity contribution in [2.45, 2.75) is 12.1 Å². The molecule has 3 aromatic rings. The Balaban J connectivity index is 1.59. The third-order valence-corrected chi connectivity index (χ3v) is 4.87. The summed E-state index contributed by atoms with van der Waals surface area (Å²) in [4.78, 5) is 0. The molecule has 2 aromatic carbocycles. The highest BCUT2D eigenvalue weighted by atomic mass is 35.5. The first-order valence-corrected chi connectivity index (χ1v) is 8.98. The van der Waals surface area contributed by atoms with E-state index in [0.29, 0.717) is 11.6 Å². The first-order chi connectivity index (χ1) is 11.6. The summed E-state index contributed by atoms with van der Waals surface area (Å²) >= 11 is 7.85. The predicted octanol–water partition coefficient (Wildman–Crippen LogP) is 4.62. The lowest BCUT2D eigenvalue weighted by Gasteiger charge is -2.07. The van der Waals surface area contributed by atoms with Gasteiger partial charge in [0, 0.05) is 18.4 Å². The molecular weight excluding hydrogens is 342 g/mol. The number of thioether (sulfide) groups is 1. The molecule has 0 aliphatic carbocycles. The van der Waals surface area contributed by atoms with E-state index in [1.165, 1.54) is 5.56 Å². The average Bonchev–Trinajstić information content (AvgIpc) is 2.94. The van der Waals surface area contributed by atoms with E-state index < -0.39 is 0 Å². The number of hydrogen-bond acceptors (Lipinski definition) is 4. The molecule has 3 rings (SSSR count). The van der Waals surface area contributed by atoms with Crippen molar-refractivity contribution in [2.24, 2.45) is 7.05 Å². The minimum Gasteiger partial charge on any atom is -0.493 e. The molecule has 0 bridgehead atoms. The largest absolute Gasteiger partial charge is 0.493 e. The van der Waals surface area contributed by atoms with Crippen LogP contribution < -0.4 is 4.74 Å². The Bertz CT molecular complexity index is 817. The Labute approximate surface area is 150 Å². The summed E-state index contributed by atoms with van der Waals surface area (Å²) in [6.07, 6.45) is 0. The maximum Gasteiger partial charge on any atom is 0.191 e. The third-order valence-electron chi connectivity index (χ3n) is 3.55. The Hall–Kier alpha value is -1.98. The topological polar surface area (TPSA) is 39.9 Å². The number of hydrogen-bond donors (Lipinski definition) is 0. The summed E-state index contributed by atoms with van der Waals surface area (Å²) in [6, 6.07) is 15.7. The van der Waals surface area contributed by atoms with Crippen LogP contribution in [0, 0.1) is 6.92 Å². The van der Waals surface area contributed by atoms with Crippen LogP contribution in [0.5, 0.6) is 5.75 Å². The SMILES string of the molecule is Cc1ccc(OCCSc2nnc(-c3ccccc3Cl)n2C)cc1. The van der Waals surface area contributed by atoms with E-state index in [-0.39, 0.29) is 0 Å². The van der Waals surface area contributed by atoms with Gasteiger partial charge in [0.2, 0.25) is 0 Å². The monoisotopic (exact) mass is 359 g/mol. The number of rotatable bonds is 6. The zero-order chi connectivity index (χ0) is 16.9. The van der Waals surface area contributed by atoms with Gasteiger partial charge in [-0.2, -0.15) is 0 Å². The van der Waals surface area contributed by atoms with Gasteiger partial charge in [0.1, 0.15) is 5.75 Å². The normalized spacial score (nSPS) is 10.8. The second kappa shape index (κ2) is 7.73. The van der Waals surface area contributed by atoms with Crippen molar-refractivity contribution in [3.63, 3.8) is 0 Å². The van der Waals surface area contributed by atoms with Gasteiger partial charge in [-0.1, -0.05) is 53.2 Å². The van der Waals surface area contributed by atoms with Gasteiger partial charge in [0.15, 0.2) is 11.0 Å². The molecule has 0 amide bonds. The quantitative estimate of drug-likeness (QED) is 0.475. The van der Waals surface area contributed by atoms with Gasteiger partial charge in [0.05, 0.1) is 11.6 Å². The molecule has 4 nitrogen and oxygen atoms in total. The molecule has 0 N–H and O–H groups in total. The number of halogens is 1. The maximum absolute atomic E-state index is 6.24. The van der Waals surface area contributed by atoms with E-state index >= 15 is 0 Å². The van der Waals surface area contributed by atoms with Crippen LogP contribution in [0.1, 0.15) is 5.56 Å². The zero-order valence-electron chi connectivity index (χ0n) is 13.6. The molecule has 0 unspecified atom stereocenters. The van der Waals surface area contributed by atoms with Gasteiger partial charge in [-0.25, -0.2) is 0 Å². The molecule has 0 saturated carbocycles. The van der Waals surface area contributed by atoms with Crippen molar-refractivity contribution in [1.82, 2.24) is 14.8 Å². The van der Waals surface area contributed by atoms with Crippen molar-refractivity contribution < 1.29 is 4.74 Å². The fraction of sp³-hybridized carbons (Fsp3) is 0.222. The van der Waals surface area contributed by atoms with Crippen molar-refractivity contribution in [1.29, 1.82) is 0 Å². The summed E-state index contributed by atoms with van der Waals surface area (Å²) in [5.74, 6) is 2.45. The summed E-state index contributed by atoms with van der Waals surface area (Å²) in [5, 5.41) is 10.0. The lowest BCUT2D eigenvalue weighted by molar-refractivity contribution is 0.344. The van der Waals surface area contributed by atoms with Gasteiger partial charge >= 0.3 is 0 Å². The Morgan fingerprint density at radius 3 is 2.58 bits per heavy atom. The van der Waals surface area contributed by atoms with Crippen LogP contribution in [0.25, 0.3) is 11.4 Å². The predicted molar refractivity (Wildman–Crippen MR) is 98.8 cm³/mol. The summed E-state index contributed by atoms with van der Waals surface area (Å²) in [6.45, 7) is 2.67. The van der Waals surface area contributed by atoms with Gasteiger partial charge in [0.25, 0.3) is 0 Å². The highest BCUT2D eigenvalue weighted by Crippen LogP contribution is 2.28. The lowest BCUT2D eigenvalue weighted by Crippen LogP contribution is -2.02. The highest BCUT2D eigenvalue weighted by molar-refractivity contribution is 7.99. The van der Waals surface area contributed by atoms with E-state index in [0.717, 1.165) is 28.0 Å². The van der Waals surface area contributed by atoms with E-state index in [1.807, 2.05) is 60.1 Å². The second-order valence-corrected chi connectivity index (χ2v) is 6.82. The molecule has 0 aliphatic heterocycles. The van der Waals surface area contributed by atoms with E-state index in [9.17, 15) is 0 Å². The molecule has 0 fully saturated rings. The fourth-order valence-corrected chi connectivity index (χ4v) is 3.19. The Morgan fingerprint density at radius 1 is 1.08 bits per heavy atom. The van der Waals surface area contributed by atoms with Gasteiger partial charge in [-0.15, -0.1) is 10.2 Å². The number of benzene rings is 2. The third kappa shape index (κ3) is 3.91. The molecule has 124 valence electrons. The molecule has 24 heavy (non-hydrogen) atoms. The molecule has 0 aliphatic rings. The van der Waals surface area contributed by atoms with Crippen LogP contribution in [0.4, 0.5) is 0 Å². The molecular formula is C18H18ClN3OS. The van der Waals surface area contributed by atoms with Crippen LogP contribution in [-0.4, -0.2) is 27.1 Å². The number of nitrogens with zero attached hydrogens (tertiary/aromatic N) is 3. The van der Waals surface area contributed by atoms with E-state index in [4.69, 9.17) is 16.3 Å². The minimum absolute atomic E-state index is 0.613. The molecule has 0 atom stereocenters. The first-order valence-electron chi connectivity index (χ1n) is 7.61. The number of aryl methyl sites for hydroxylation is 1. The molecule has 0 spiro atoms. The summed E-state index contributed by atoms with van der Waals surface area (Å²) < 4.78 is 7.69. The number of aromatic nitrogens is 3. The van der Waals surface area contributed by atoms with Gasteiger partial charge in [-0.3, -0.25) is 0 Å². The molecule has 1 aromatic heterocycles. The fourth-order valence-electron chi connectivity index (χ4n) is 2.24. The summed E-state index contributed by atoms with van der Waals surface area (Å²) in [5.41, 5.74) is 2.11. The average molecular weight is 360 g/mol. The zero-order valence-corrected chi connectivity index (χ0v) is 15.1. The summed E-state index contributed by atoms with van der Waals surface area (Å²) in [7, 11) is 1.95. The van der Waals surface area contributed by atoms with Crippen LogP contribution in [-0.2, 0) is 7.05 Å². The van der Waals surface area contributed by atoms with Gasteiger partial charge < -0.3 is 9.30 Å². The highest BCUT2D eigenvalue weighted by Gasteiger charge is 2.13. The Morgan fingerprint density at radius 2 is 1.83 bits per heavy atom. The Kier molecular flexibility index (Phi) is 5.43. The smallest absolute Gasteiger partial charge is 0.191 e. The van der Waals surface area contributed by atoms with Crippen molar-refractivity contribution in [2.75, 3.05) is 12.4 Å². The van der Waals surface area contributed by atoms with Crippen LogP contribution in [0.15, 0.2) is 53.7 Å². The van der Waals surface area contributed by atoms with Crippen molar-refractivity contribution in [3.05, 3.63) is 59.1 Å². The van der Waals surface area contributed by atoms with Crippen LogP contribution in [0.2, 0.25) is 5.02 Å². The van der Waals surface area contributed by atoms with Crippen LogP contribution >= 0.6 is 23.4 Å². The van der Waals surface area contributed by atoms with Crippen molar-refractivity contribution in [3.8, 4) is 17.1 Å². The van der Waals surface area contributed by atoms with Crippen LogP contribution in [0.3, 0.4) is 0 Å². The van der Waals surface area contributed by atoms with Gasteiger partial charge in [-0.05, 0) is 31.2 Å². The first kappa shape index (κ1) is 16.9. The molecule has 0 radical (unpaired) electrons. The number of ether oxygens (including phenoxy) is 1. The van der Waals surface area contributed by atoms with Crippen molar-refractivity contribution >= 4 is 23.4 Å². The van der Waals surface area contributed by atoms with E-state index in [2.05, 4.69) is 17.1 Å². The molecule has 0 saturated heterocycles.